The van der Waals surface area contributed by atoms with Crippen molar-refractivity contribution in [1.29, 1.82) is 0 Å². The summed E-state index contributed by atoms with van der Waals surface area (Å²) >= 11 is 4.52. The zero-order chi connectivity index (χ0) is 25.7. The molecule has 0 unspecified atom stereocenters. The first-order valence-corrected chi connectivity index (χ1v) is 13.1. The monoisotopic (exact) mass is 569 g/mol. The van der Waals surface area contributed by atoms with Crippen LogP contribution in [0.1, 0.15) is 47.5 Å². The molecule has 2 heterocycles. The van der Waals surface area contributed by atoms with Crippen LogP contribution in [0.4, 0.5) is 5.00 Å². The van der Waals surface area contributed by atoms with Gasteiger partial charge in [-0.1, -0.05) is 29.3 Å². The van der Waals surface area contributed by atoms with E-state index in [-0.39, 0.29) is 23.6 Å². The molecule has 0 spiro atoms. The average Bonchev–Trinajstić information content (AvgIpc) is 3.29. The fraction of sp³-hybridized carbons (Fsp3) is 0.231. The molecule has 0 bridgehead atoms. The third-order valence-electron chi connectivity index (χ3n) is 5.30. The summed E-state index contributed by atoms with van der Waals surface area (Å²) in [5, 5.41) is 9.59. The van der Waals surface area contributed by atoms with Crippen molar-refractivity contribution < 1.29 is 19.1 Å². The summed E-state index contributed by atoms with van der Waals surface area (Å²) in [4.78, 5) is 39.2. The van der Waals surface area contributed by atoms with E-state index in [0.717, 1.165) is 33.3 Å². The molecule has 0 radical (unpaired) electrons. The van der Waals surface area contributed by atoms with E-state index in [1.54, 1.807) is 60.8 Å². The third-order valence-corrected chi connectivity index (χ3v) is 6.73. The van der Waals surface area contributed by atoms with Gasteiger partial charge in [-0.05, 0) is 61.9 Å². The molecule has 36 heavy (non-hydrogen) atoms. The van der Waals surface area contributed by atoms with Gasteiger partial charge < -0.3 is 14.8 Å². The topological polar surface area (TPSA) is 99.5 Å². The predicted molar refractivity (Wildman–Crippen MR) is 144 cm³/mol. The molecular weight excluding hydrogens is 546 g/mol. The summed E-state index contributed by atoms with van der Waals surface area (Å²) in [6, 6.07) is 13.7. The van der Waals surface area contributed by atoms with Gasteiger partial charge in [-0.15, -0.1) is 11.3 Å². The molecule has 0 fully saturated rings. The molecule has 1 N–H and O–H groups in total. The summed E-state index contributed by atoms with van der Waals surface area (Å²) in [6.07, 6.45) is 1.99. The maximum atomic E-state index is 13.5. The maximum Gasteiger partial charge on any atom is 0.359 e. The molecule has 0 aliphatic rings. The molecule has 0 aliphatic heterocycles. The Kier molecular flexibility index (Phi) is 8.17. The fourth-order valence-corrected chi connectivity index (χ4v) is 4.66. The number of thiophene rings is 1. The van der Waals surface area contributed by atoms with Gasteiger partial charge >= 0.3 is 5.97 Å². The van der Waals surface area contributed by atoms with Gasteiger partial charge in [0, 0.05) is 20.8 Å². The second-order valence-corrected chi connectivity index (χ2v) is 9.59. The molecule has 0 aliphatic carbocycles. The van der Waals surface area contributed by atoms with E-state index in [4.69, 9.17) is 9.47 Å². The number of nitrogens with one attached hydrogen (secondary N) is 1. The number of hydrogen-bond donors (Lipinski definition) is 1. The Morgan fingerprint density at radius 1 is 1.08 bits per heavy atom. The zero-order valence-electron chi connectivity index (χ0n) is 19.7. The van der Waals surface area contributed by atoms with Crippen LogP contribution in [0.2, 0.25) is 0 Å². The Hall–Kier alpha value is -3.50. The van der Waals surface area contributed by atoms with Crippen LogP contribution in [0.15, 0.2) is 63.2 Å². The molecule has 10 heteroatoms. The molecule has 2 aromatic carbocycles. The van der Waals surface area contributed by atoms with Crippen LogP contribution in [0.5, 0.6) is 5.75 Å². The molecule has 0 saturated heterocycles. The average molecular weight is 570 g/mol. The second kappa shape index (κ2) is 11.5. The lowest BCUT2D eigenvalue weighted by Crippen LogP contribution is -2.25. The number of esters is 1. The van der Waals surface area contributed by atoms with E-state index in [0.29, 0.717) is 34.0 Å². The quantitative estimate of drug-likeness (QED) is 0.201. The zero-order valence-corrected chi connectivity index (χ0v) is 22.1. The number of rotatable bonds is 9. The Bertz CT molecular complexity index is 1450. The number of halogens is 1. The highest BCUT2D eigenvalue weighted by Gasteiger charge is 2.23. The molecule has 8 nitrogen and oxygen atoms in total. The summed E-state index contributed by atoms with van der Waals surface area (Å²) in [5.41, 5.74) is 0.418. The first-order chi connectivity index (χ1) is 17.4. The molecule has 2 aromatic heterocycles. The first-order valence-electron chi connectivity index (χ1n) is 11.4. The normalized spacial score (nSPS) is 10.9. The maximum absolute atomic E-state index is 13.5. The highest BCUT2D eigenvalue weighted by atomic mass is 79.9. The first kappa shape index (κ1) is 25.6. The summed E-state index contributed by atoms with van der Waals surface area (Å²) < 4.78 is 12.8. The van der Waals surface area contributed by atoms with Crippen LogP contribution >= 0.6 is 27.3 Å². The van der Waals surface area contributed by atoms with Crippen molar-refractivity contribution in [2.45, 2.75) is 26.7 Å². The number of fused-ring (bicyclic) bond motifs is 1. The molecule has 4 rings (SSSR count). The van der Waals surface area contributed by atoms with E-state index in [9.17, 15) is 14.4 Å². The number of carbonyl (C=O) groups is 2. The van der Waals surface area contributed by atoms with Crippen LogP contribution < -0.4 is 15.6 Å². The number of benzene rings is 2. The van der Waals surface area contributed by atoms with E-state index in [2.05, 4.69) is 33.3 Å². The van der Waals surface area contributed by atoms with Crippen molar-refractivity contribution in [3.05, 3.63) is 80.0 Å². The lowest BCUT2D eigenvalue weighted by Gasteiger charge is -2.10. The van der Waals surface area contributed by atoms with Gasteiger partial charge in [-0.2, -0.15) is 9.78 Å². The smallest absolute Gasteiger partial charge is 0.359 e. The van der Waals surface area contributed by atoms with Crippen LogP contribution in [-0.2, 0) is 4.74 Å². The number of nitrogens with zero attached hydrogens (tertiary/aromatic N) is 2. The fourth-order valence-electron chi connectivity index (χ4n) is 3.46. The SMILES string of the molecule is CCCCOc1ccc(C(=O)Nc2scc3c(C(=O)OCC)nn(-c4ccc(Br)cc4)c(=O)c23)cc1. The van der Waals surface area contributed by atoms with E-state index < -0.39 is 11.5 Å². The largest absolute Gasteiger partial charge is 0.494 e. The van der Waals surface area contributed by atoms with Crippen LogP contribution in [-0.4, -0.2) is 34.9 Å². The van der Waals surface area contributed by atoms with Crippen molar-refractivity contribution in [1.82, 2.24) is 9.78 Å². The number of carbonyl (C=O) groups excluding carboxylic acids is 2. The van der Waals surface area contributed by atoms with E-state index in [1.807, 2.05) is 0 Å². The predicted octanol–water partition coefficient (Wildman–Crippen LogP) is 5.82. The van der Waals surface area contributed by atoms with Crippen LogP contribution in [0.3, 0.4) is 0 Å². The van der Waals surface area contributed by atoms with Crippen molar-refractivity contribution in [2.75, 3.05) is 18.5 Å². The minimum absolute atomic E-state index is 0.000279. The van der Waals surface area contributed by atoms with Crippen molar-refractivity contribution in [2.24, 2.45) is 0 Å². The Morgan fingerprint density at radius 3 is 2.47 bits per heavy atom. The van der Waals surface area contributed by atoms with Gasteiger partial charge in [0.25, 0.3) is 11.5 Å². The Morgan fingerprint density at radius 2 is 1.81 bits per heavy atom. The van der Waals surface area contributed by atoms with Gasteiger partial charge in [-0.3, -0.25) is 9.59 Å². The minimum Gasteiger partial charge on any atom is -0.494 e. The highest BCUT2D eigenvalue weighted by Crippen LogP contribution is 2.31. The van der Waals surface area contributed by atoms with Gasteiger partial charge in [-0.25, -0.2) is 4.79 Å². The molecule has 0 atom stereocenters. The molecular formula is C26H24BrN3O5S. The molecule has 186 valence electrons. The van der Waals surface area contributed by atoms with Crippen LogP contribution in [0, 0.1) is 0 Å². The van der Waals surface area contributed by atoms with Crippen molar-refractivity contribution in [3.63, 3.8) is 0 Å². The number of ether oxygens (including phenoxy) is 2. The Balaban J connectivity index is 1.71. The van der Waals surface area contributed by atoms with Gasteiger partial charge in [0.2, 0.25) is 0 Å². The summed E-state index contributed by atoms with van der Waals surface area (Å²) in [5.74, 6) is -0.352. The number of unbranched alkanes of at least 4 members (excludes halogenated alkanes) is 1. The third kappa shape index (κ3) is 5.50. The van der Waals surface area contributed by atoms with Crippen LogP contribution in [0.25, 0.3) is 16.5 Å². The van der Waals surface area contributed by atoms with Crippen molar-refractivity contribution >= 4 is 54.9 Å². The lowest BCUT2D eigenvalue weighted by atomic mass is 10.2. The number of hydrogen-bond acceptors (Lipinski definition) is 7. The summed E-state index contributed by atoms with van der Waals surface area (Å²) in [6.45, 7) is 4.56. The Labute approximate surface area is 220 Å². The number of aromatic nitrogens is 2. The standard InChI is InChI=1S/C26H24BrN3O5S/c1-3-5-14-35-19-12-6-16(7-13-19)23(31)28-24-21-20(15-36-24)22(26(33)34-4-2)29-30(25(21)32)18-10-8-17(27)9-11-18/h6-13,15H,3-5,14H2,1-2H3,(H,28,31). The molecule has 0 saturated carbocycles. The summed E-state index contributed by atoms with van der Waals surface area (Å²) in [7, 11) is 0. The van der Waals surface area contributed by atoms with E-state index >= 15 is 0 Å². The second-order valence-electron chi connectivity index (χ2n) is 7.80. The lowest BCUT2D eigenvalue weighted by molar-refractivity contribution is 0.0520. The molecule has 4 aromatic rings. The van der Waals surface area contributed by atoms with Crippen molar-refractivity contribution in [3.8, 4) is 11.4 Å². The van der Waals surface area contributed by atoms with Gasteiger partial charge in [0.1, 0.15) is 10.8 Å². The highest BCUT2D eigenvalue weighted by molar-refractivity contribution is 9.10. The number of amides is 1. The molecule has 1 amide bonds. The number of anilines is 1. The van der Waals surface area contributed by atoms with E-state index in [1.165, 1.54) is 0 Å². The van der Waals surface area contributed by atoms with Gasteiger partial charge in [0.15, 0.2) is 5.69 Å². The van der Waals surface area contributed by atoms with Gasteiger partial charge in [0.05, 0.1) is 24.3 Å². The minimum atomic E-state index is -0.650.